The van der Waals surface area contributed by atoms with Gasteiger partial charge in [-0.25, -0.2) is 0 Å². The highest BCUT2D eigenvalue weighted by Gasteiger charge is 2.24. The molecule has 10 aromatic carbocycles. The second-order valence-corrected chi connectivity index (χ2v) is 15.8. The third-order valence-corrected chi connectivity index (χ3v) is 12.1. The van der Waals surface area contributed by atoms with Crippen LogP contribution in [0.2, 0.25) is 0 Å². The molecule has 0 spiro atoms. The molecule has 0 aliphatic carbocycles. The van der Waals surface area contributed by atoms with E-state index in [0.717, 1.165) is 16.8 Å². The molecule has 290 valence electrons. The van der Waals surface area contributed by atoms with Crippen molar-refractivity contribution in [3.63, 3.8) is 0 Å². The Morgan fingerprint density at radius 1 is 0.210 bits per heavy atom. The molecule has 1 aromatic heterocycles. The zero-order valence-electron chi connectivity index (χ0n) is 34.1. The van der Waals surface area contributed by atoms with Crippen LogP contribution < -0.4 is 0 Å². The maximum absolute atomic E-state index is 4.69. The number of rotatable bonds is 8. The first-order chi connectivity index (χ1) is 30.8. The van der Waals surface area contributed by atoms with E-state index in [9.17, 15) is 0 Å². The Morgan fingerprint density at radius 2 is 0.565 bits per heavy atom. The van der Waals surface area contributed by atoms with Crippen molar-refractivity contribution in [2.24, 2.45) is 0 Å². The second kappa shape index (κ2) is 16.1. The maximum atomic E-state index is 4.69. The molecule has 0 saturated heterocycles. The molecule has 1 heterocycles. The topological polar surface area (TPSA) is 12.9 Å². The van der Waals surface area contributed by atoms with Crippen LogP contribution in [0.1, 0.15) is 0 Å². The van der Waals surface area contributed by atoms with Gasteiger partial charge < -0.3 is 0 Å². The number of hydrogen-bond acceptors (Lipinski definition) is 1. The molecule has 0 unspecified atom stereocenters. The van der Waals surface area contributed by atoms with Crippen LogP contribution in [0, 0.1) is 0 Å². The zero-order valence-corrected chi connectivity index (χ0v) is 34.1. The van der Waals surface area contributed by atoms with Gasteiger partial charge in [0.2, 0.25) is 0 Å². The average Bonchev–Trinajstić information content (AvgIpc) is 3.36. The predicted octanol–water partition coefficient (Wildman–Crippen LogP) is 16.7. The van der Waals surface area contributed by atoms with Crippen LogP contribution in [0.3, 0.4) is 0 Å². The number of hydrogen-bond donors (Lipinski definition) is 0. The van der Waals surface area contributed by atoms with Gasteiger partial charge in [0.1, 0.15) is 0 Å². The first-order valence-corrected chi connectivity index (χ1v) is 21.3. The zero-order chi connectivity index (χ0) is 41.2. The number of aromatic nitrogens is 1. The molecule has 0 N–H and O–H groups in total. The van der Waals surface area contributed by atoms with Crippen LogP contribution in [0.5, 0.6) is 0 Å². The molecule has 1 heteroatoms. The standard InChI is InChI=1S/C61H41N/c1-5-21-42(22-6-1)54-41-55(60(44-25-9-3-10-26-44)61(45-27-11-4-12-28-45)59(54)43-23-7-2-8-24-43)46-29-19-31-48(39-46)57-50-33-13-15-35-52(50)58(53-36-16-14-34-51(53)57)49-32-20-30-47(40-49)56-37-17-18-38-62-56/h1-41H. The van der Waals surface area contributed by atoms with Crippen LogP contribution >= 0.6 is 0 Å². The van der Waals surface area contributed by atoms with Crippen LogP contribution in [-0.4, -0.2) is 4.98 Å². The maximum Gasteiger partial charge on any atom is 0.0702 e. The summed E-state index contributed by atoms with van der Waals surface area (Å²) in [6, 6.07) is 88.1. The fraction of sp³-hybridized carbons (Fsp3) is 0. The average molecular weight is 788 g/mol. The molecule has 0 radical (unpaired) electrons. The van der Waals surface area contributed by atoms with Crippen molar-refractivity contribution in [3.05, 3.63) is 249 Å². The Kier molecular flexibility index (Phi) is 9.61. The number of benzene rings is 10. The molecule has 0 bridgehead atoms. The molecule has 62 heavy (non-hydrogen) atoms. The van der Waals surface area contributed by atoms with E-state index in [4.69, 9.17) is 0 Å². The van der Waals surface area contributed by atoms with Gasteiger partial charge in [-0.15, -0.1) is 0 Å². The van der Waals surface area contributed by atoms with Gasteiger partial charge in [0.25, 0.3) is 0 Å². The van der Waals surface area contributed by atoms with Crippen molar-refractivity contribution in [1.29, 1.82) is 0 Å². The third-order valence-electron chi connectivity index (χ3n) is 12.1. The number of nitrogens with zero attached hydrogens (tertiary/aromatic N) is 1. The van der Waals surface area contributed by atoms with Gasteiger partial charge in [-0.05, 0) is 130 Å². The Balaban J connectivity index is 1.20. The second-order valence-electron chi connectivity index (χ2n) is 15.8. The highest BCUT2D eigenvalue weighted by atomic mass is 14.7. The van der Waals surface area contributed by atoms with E-state index >= 15 is 0 Å². The van der Waals surface area contributed by atoms with Crippen LogP contribution in [0.4, 0.5) is 0 Å². The molecule has 0 aliphatic heterocycles. The van der Waals surface area contributed by atoms with E-state index in [-0.39, 0.29) is 0 Å². The number of pyridine rings is 1. The highest BCUT2D eigenvalue weighted by molar-refractivity contribution is 6.21. The van der Waals surface area contributed by atoms with Crippen molar-refractivity contribution in [2.75, 3.05) is 0 Å². The molecular formula is C61H41N. The van der Waals surface area contributed by atoms with E-state index in [2.05, 4.69) is 236 Å². The van der Waals surface area contributed by atoms with E-state index in [0.29, 0.717) is 0 Å². The lowest BCUT2D eigenvalue weighted by molar-refractivity contribution is 1.33. The van der Waals surface area contributed by atoms with Gasteiger partial charge >= 0.3 is 0 Å². The van der Waals surface area contributed by atoms with E-state index in [1.54, 1.807) is 0 Å². The van der Waals surface area contributed by atoms with Gasteiger partial charge in [-0.3, -0.25) is 4.98 Å². The van der Waals surface area contributed by atoms with Crippen LogP contribution in [0.15, 0.2) is 249 Å². The SMILES string of the molecule is c1ccc(-c2cc(-c3cccc(-c4c5ccccc5c(-c5cccc(-c6ccccn6)c5)c5ccccc45)c3)c(-c3ccccc3)c(-c3ccccc3)c2-c2ccccc2)cc1. The lowest BCUT2D eigenvalue weighted by Gasteiger charge is -2.25. The Labute approximate surface area is 362 Å². The summed E-state index contributed by atoms with van der Waals surface area (Å²) in [6.45, 7) is 0. The molecular weight excluding hydrogens is 747 g/mol. The Morgan fingerprint density at radius 3 is 1.03 bits per heavy atom. The van der Waals surface area contributed by atoms with E-state index < -0.39 is 0 Å². The minimum absolute atomic E-state index is 0.967. The summed E-state index contributed by atoms with van der Waals surface area (Å²) in [4.78, 5) is 4.69. The highest BCUT2D eigenvalue weighted by Crippen LogP contribution is 2.51. The summed E-state index contributed by atoms with van der Waals surface area (Å²) in [5.41, 5.74) is 18.8. The molecule has 0 atom stereocenters. The van der Waals surface area contributed by atoms with E-state index in [1.165, 1.54) is 93.9 Å². The van der Waals surface area contributed by atoms with Crippen LogP contribution in [-0.2, 0) is 0 Å². The van der Waals surface area contributed by atoms with Crippen molar-refractivity contribution in [1.82, 2.24) is 4.98 Å². The summed E-state index contributed by atoms with van der Waals surface area (Å²) in [5, 5.41) is 4.89. The molecule has 0 aliphatic rings. The van der Waals surface area contributed by atoms with Gasteiger partial charge in [-0.2, -0.15) is 0 Å². The van der Waals surface area contributed by atoms with Crippen molar-refractivity contribution in [2.45, 2.75) is 0 Å². The predicted molar refractivity (Wildman–Crippen MR) is 263 cm³/mol. The fourth-order valence-corrected chi connectivity index (χ4v) is 9.42. The van der Waals surface area contributed by atoms with Gasteiger partial charge in [0.15, 0.2) is 0 Å². The van der Waals surface area contributed by atoms with Gasteiger partial charge in [0, 0.05) is 11.8 Å². The summed E-state index contributed by atoms with van der Waals surface area (Å²) < 4.78 is 0. The first kappa shape index (κ1) is 36.9. The van der Waals surface area contributed by atoms with Crippen molar-refractivity contribution in [3.8, 4) is 89.1 Å². The molecule has 1 nitrogen and oxygen atoms in total. The Hall–Kier alpha value is -8.13. The molecule has 0 amide bonds. The third kappa shape index (κ3) is 6.67. The quantitative estimate of drug-likeness (QED) is 0.140. The normalized spacial score (nSPS) is 11.2. The van der Waals surface area contributed by atoms with Crippen molar-refractivity contribution < 1.29 is 0 Å². The first-order valence-electron chi connectivity index (χ1n) is 21.3. The summed E-state index contributed by atoms with van der Waals surface area (Å²) >= 11 is 0. The summed E-state index contributed by atoms with van der Waals surface area (Å²) in [6.07, 6.45) is 1.86. The molecule has 11 aromatic rings. The summed E-state index contributed by atoms with van der Waals surface area (Å²) in [5.74, 6) is 0. The minimum atomic E-state index is 0.967. The molecule has 0 fully saturated rings. The van der Waals surface area contributed by atoms with Crippen LogP contribution in [0.25, 0.3) is 111 Å². The fourth-order valence-electron chi connectivity index (χ4n) is 9.42. The lowest BCUT2D eigenvalue weighted by atomic mass is 9.78. The van der Waals surface area contributed by atoms with Gasteiger partial charge in [0.05, 0.1) is 5.69 Å². The molecule has 11 rings (SSSR count). The minimum Gasteiger partial charge on any atom is -0.256 e. The van der Waals surface area contributed by atoms with Gasteiger partial charge in [-0.1, -0.05) is 212 Å². The smallest absolute Gasteiger partial charge is 0.0702 e. The monoisotopic (exact) mass is 787 g/mol. The summed E-state index contributed by atoms with van der Waals surface area (Å²) in [7, 11) is 0. The van der Waals surface area contributed by atoms with Crippen molar-refractivity contribution >= 4 is 21.5 Å². The Bertz CT molecular complexity index is 3300. The number of fused-ring (bicyclic) bond motifs is 2. The van der Waals surface area contributed by atoms with E-state index in [1.807, 2.05) is 18.3 Å². The largest absolute Gasteiger partial charge is 0.256 e. The lowest BCUT2D eigenvalue weighted by Crippen LogP contribution is -1.98. The molecule has 0 saturated carbocycles.